The molecule has 0 radical (unpaired) electrons. The van der Waals surface area contributed by atoms with Gasteiger partial charge in [-0.2, -0.15) is 0 Å². The molecule has 0 aliphatic heterocycles. The molecular weight excluding hydrogens is 346 g/mol. The zero-order valence-electron chi connectivity index (χ0n) is 11.8. The first-order chi connectivity index (χ1) is 10.2. The number of fused-ring (bicyclic) bond motifs is 1. The summed E-state index contributed by atoms with van der Waals surface area (Å²) in [5.41, 5.74) is 2.57. The highest BCUT2D eigenvalue weighted by atomic mass is 79.9. The second-order valence-corrected chi connectivity index (χ2v) is 7.60. The first-order valence-electron chi connectivity index (χ1n) is 7.33. The van der Waals surface area contributed by atoms with Crippen molar-refractivity contribution in [1.82, 2.24) is 5.32 Å². The van der Waals surface area contributed by atoms with E-state index in [1.807, 2.05) is 18.2 Å². The maximum absolute atomic E-state index is 12.3. The maximum atomic E-state index is 12.3. The summed E-state index contributed by atoms with van der Waals surface area (Å²) in [6, 6.07) is 12.2. The van der Waals surface area contributed by atoms with Crippen LogP contribution in [0, 0.1) is 0 Å². The lowest BCUT2D eigenvalue weighted by atomic mass is 9.99. The summed E-state index contributed by atoms with van der Waals surface area (Å²) in [6.07, 6.45) is 4.77. The third-order valence-corrected chi connectivity index (χ3v) is 5.91. The Labute approximate surface area is 137 Å². The van der Waals surface area contributed by atoms with Crippen LogP contribution in [0.1, 0.15) is 43.3 Å². The molecule has 1 aliphatic rings. The number of benzene rings is 1. The lowest BCUT2D eigenvalue weighted by Crippen LogP contribution is -2.25. The summed E-state index contributed by atoms with van der Waals surface area (Å²) in [5, 5.41) is 3.03. The molecule has 0 saturated heterocycles. The molecule has 0 spiro atoms. The summed E-state index contributed by atoms with van der Waals surface area (Å²) in [5.74, 6) is 0.0507. The second-order valence-electron chi connectivity index (χ2n) is 5.35. The second kappa shape index (κ2) is 6.75. The molecular formula is C17H18BrNOS. The zero-order chi connectivity index (χ0) is 14.7. The van der Waals surface area contributed by atoms with Crippen molar-refractivity contribution in [3.63, 3.8) is 0 Å². The molecule has 4 heteroatoms. The number of amides is 1. The fourth-order valence-electron chi connectivity index (χ4n) is 2.65. The SMILES string of the molecule is O=C(NCC(Br)c1ccccc1)c1cc2c(s1)CCCC2. The van der Waals surface area contributed by atoms with E-state index in [9.17, 15) is 4.79 Å². The van der Waals surface area contributed by atoms with Gasteiger partial charge in [-0.3, -0.25) is 4.79 Å². The van der Waals surface area contributed by atoms with Gasteiger partial charge in [-0.1, -0.05) is 46.3 Å². The molecule has 2 nitrogen and oxygen atoms in total. The van der Waals surface area contributed by atoms with Crippen LogP contribution in [0.25, 0.3) is 0 Å². The van der Waals surface area contributed by atoms with Gasteiger partial charge in [-0.05, 0) is 42.9 Å². The smallest absolute Gasteiger partial charge is 0.261 e. The molecule has 1 amide bonds. The van der Waals surface area contributed by atoms with Crippen LogP contribution in [-0.4, -0.2) is 12.5 Å². The van der Waals surface area contributed by atoms with Crippen molar-refractivity contribution >= 4 is 33.2 Å². The summed E-state index contributed by atoms with van der Waals surface area (Å²) >= 11 is 5.30. The molecule has 0 saturated carbocycles. The number of thiophene rings is 1. The fourth-order valence-corrected chi connectivity index (χ4v) is 4.29. The van der Waals surface area contributed by atoms with Crippen LogP contribution in [0.2, 0.25) is 0 Å². The van der Waals surface area contributed by atoms with Crippen molar-refractivity contribution in [1.29, 1.82) is 0 Å². The van der Waals surface area contributed by atoms with E-state index in [0.29, 0.717) is 6.54 Å². The van der Waals surface area contributed by atoms with Crippen molar-refractivity contribution in [2.75, 3.05) is 6.54 Å². The number of carbonyl (C=O) groups is 1. The Morgan fingerprint density at radius 2 is 2.00 bits per heavy atom. The third-order valence-electron chi connectivity index (χ3n) is 3.82. The maximum Gasteiger partial charge on any atom is 0.261 e. The van der Waals surface area contributed by atoms with Crippen LogP contribution in [-0.2, 0) is 12.8 Å². The Morgan fingerprint density at radius 1 is 1.24 bits per heavy atom. The number of hydrogen-bond donors (Lipinski definition) is 1. The van der Waals surface area contributed by atoms with E-state index in [2.05, 4.69) is 39.4 Å². The summed E-state index contributed by atoms with van der Waals surface area (Å²) in [6.45, 7) is 0.603. The summed E-state index contributed by atoms with van der Waals surface area (Å²) < 4.78 is 0. The molecule has 3 rings (SSSR count). The molecule has 1 aromatic carbocycles. The van der Waals surface area contributed by atoms with E-state index >= 15 is 0 Å². The highest BCUT2D eigenvalue weighted by Gasteiger charge is 2.17. The average molecular weight is 364 g/mol. The lowest BCUT2D eigenvalue weighted by Gasteiger charge is -2.10. The van der Waals surface area contributed by atoms with Crippen LogP contribution in [0.5, 0.6) is 0 Å². The van der Waals surface area contributed by atoms with Gasteiger partial charge in [0.25, 0.3) is 5.91 Å². The van der Waals surface area contributed by atoms with Crippen LogP contribution in [0.15, 0.2) is 36.4 Å². The van der Waals surface area contributed by atoms with Crippen molar-refractivity contribution in [3.05, 3.63) is 57.3 Å². The van der Waals surface area contributed by atoms with Crippen molar-refractivity contribution in [2.45, 2.75) is 30.5 Å². The predicted octanol–water partition coefficient (Wildman–Crippen LogP) is 4.49. The van der Waals surface area contributed by atoms with Gasteiger partial charge in [-0.15, -0.1) is 11.3 Å². The molecule has 1 atom stereocenters. The molecule has 2 aromatic rings. The van der Waals surface area contributed by atoms with Gasteiger partial charge in [0.15, 0.2) is 0 Å². The van der Waals surface area contributed by atoms with E-state index in [4.69, 9.17) is 0 Å². The highest BCUT2D eigenvalue weighted by molar-refractivity contribution is 9.09. The molecule has 1 aliphatic carbocycles. The molecule has 1 unspecified atom stereocenters. The minimum Gasteiger partial charge on any atom is -0.350 e. The minimum absolute atomic E-state index is 0.0507. The monoisotopic (exact) mass is 363 g/mol. The zero-order valence-corrected chi connectivity index (χ0v) is 14.2. The predicted molar refractivity (Wildman–Crippen MR) is 91.4 cm³/mol. The van der Waals surface area contributed by atoms with Gasteiger partial charge in [0.05, 0.1) is 9.70 Å². The highest BCUT2D eigenvalue weighted by Crippen LogP contribution is 2.29. The van der Waals surface area contributed by atoms with Gasteiger partial charge < -0.3 is 5.32 Å². The number of rotatable bonds is 4. The van der Waals surface area contributed by atoms with E-state index in [1.54, 1.807) is 11.3 Å². The normalized spacial score (nSPS) is 15.3. The van der Waals surface area contributed by atoms with E-state index in [-0.39, 0.29) is 10.7 Å². The summed E-state index contributed by atoms with van der Waals surface area (Å²) in [4.78, 5) is 14.7. The Balaban J connectivity index is 1.60. The van der Waals surface area contributed by atoms with Crippen LogP contribution < -0.4 is 5.32 Å². The summed E-state index contributed by atoms with van der Waals surface area (Å²) in [7, 11) is 0. The fraction of sp³-hybridized carbons (Fsp3) is 0.353. The van der Waals surface area contributed by atoms with Crippen LogP contribution in [0.4, 0.5) is 0 Å². The number of hydrogen-bond acceptors (Lipinski definition) is 2. The number of carbonyl (C=O) groups excluding carboxylic acids is 1. The molecule has 0 fully saturated rings. The standard InChI is InChI=1S/C17H18BrNOS/c18-14(12-6-2-1-3-7-12)11-19-17(20)16-10-13-8-4-5-9-15(13)21-16/h1-3,6-7,10,14H,4-5,8-9,11H2,(H,19,20). The number of aryl methyl sites for hydroxylation is 2. The number of nitrogens with one attached hydrogen (secondary N) is 1. The quantitative estimate of drug-likeness (QED) is 0.796. The Kier molecular flexibility index (Phi) is 4.76. The topological polar surface area (TPSA) is 29.1 Å². The van der Waals surface area contributed by atoms with Crippen molar-refractivity contribution in [2.24, 2.45) is 0 Å². The molecule has 21 heavy (non-hydrogen) atoms. The Morgan fingerprint density at radius 3 is 2.76 bits per heavy atom. The minimum atomic E-state index is 0.0507. The first kappa shape index (κ1) is 14.8. The van der Waals surface area contributed by atoms with Crippen molar-refractivity contribution in [3.8, 4) is 0 Å². The van der Waals surface area contributed by atoms with Crippen molar-refractivity contribution < 1.29 is 4.79 Å². The van der Waals surface area contributed by atoms with E-state index in [1.165, 1.54) is 28.8 Å². The van der Waals surface area contributed by atoms with E-state index < -0.39 is 0 Å². The average Bonchev–Trinajstić information content (AvgIpc) is 2.97. The third kappa shape index (κ3) is 3.55. The van der Waals surface area contributed by atoms with Gasteiger partial charge in [0.1, 0.15) is 0 Å². The molecule has 1 aromatic heterocycles. The molecule has 1 N–H and O–H groups in total. The number of halogens is 1. The molecule has 1 heterocycles. The molecule has 110 valence electrons. The lowest BCUT2D eigenvalue weighted by molar-refractivity contribution is 0.0958. The molecule has 0 bridgehead atoms. The largest absolute Gasteiger partial charge is 0.350 e. The van der Waals surface area contributed by atoms with Crippen LogP contribution in [0.3, 0.4) is 0 Å². The van der Waals surface area contributed by atoms with Gasteiger partial charge in [0, 0.05) is 11.4 Å². The number of alkyl halides is 1. The van der Waals surface area contributed by atoms with Gasteiger partial charge in [-0.25, -0.2) is 0 Å². The Hall–Kier alpha value is -1.13. The van der Waals surface area contributed by atoms with Gasteiger partial charge in [0.2, 0.25) is 0 Å². The van der Waals surface area contributed by atoms with E-state index in [0.717, 1.165) is 17.7 Å². The van der Waals surface area contributed by atoms with Crippen LogP contribution >= 0.6 is 27.3 Å². The Bertz CT molecular complexity index is 599. The van der Waals surface area contributed by atoms with Gasteiger partial charge >= 0.3 is 0 Å². The first-order valence-corrected chi connectivity index (χ1v) is 9.06.